The highest BCUT2D eigenvalue weighted by molar-refractivity contribution is 6.31. The van der Waals surface area contributed by atoms with Crippen LogP contribution in [0.4, 0.5) is 0 Å². The summed E-state index contributed by atoms with van der Waals surface area (Å²) in [6.45, 7) is 7.61. The van der Waals surface area contributed by atoms with Gasteiger partial charge in [0, 0.05) is 23.2 Å². The molecular weight excluding hydrogens is 270 g/mol. The van der Waals surface area contributed by atoms with Crippen LogP contribution in [-0.4, -0.2) is 11.1 Å². The van der Waals surface area contributed by atoms with Crippen LogP contribution < -0.4 is 5.32 Å². The van der Waals surface area contributed by atoms with Crippen molar-refractivity contribution in [1.29, 1.82) is 0 Å². The smallest absolute Gasteiger partial charge is 0.121 e. The molecule has 2 unspecified atom stereocenters. The first kappa shape index (κ1) is 15.7. The average Bonchev–Trinajstić information content (AvgIpc) is 2.37. The fourth-order valence-electron chi connectivity index (χ4n) is 3.37. The molecule has 0 saturated heterocycles. The van der Waals surface area contributed by atoms with E-state index in [-0.39, 0.29) is 5.75 Å². The molecule has 1 aliphatic rings. The van der Waals surface area contributed by atoms with E-state index in [1.54, 1.807) is 12.1 Å². The molecule has 1 aromatic carbocycles. The molecule has 0 spiro atoms. The third-order valence-corrected chi connectivity index (χ3v) is 4.87. The third-order valence-electron chi connectivity index (χ3n) is 4.51. The molecule has 1 aliphatic carbocycles. The fourth-order valence-corrected chi connectivity index (χ4v) is 3.60. The summed E-state index contributed by atoms with van der Waals surface area (Å²) in [5, 5.41) is 14.2. The summed E-state index contributed by atoms with van der Waals surface area (Å²) < 4.78 is 0. The number of aromatic hydroxyl groups is 1. The largest absolute Gasteiger partial charge is 0.508 e. The van der Waals surface area contributed by atoms with Gasteiger partial charge in [0.15, 0.2) is 0 Å². The monoisotopic (exact) mass is 295 g/mol. The summed E-state index contributed by atoms with van der Waals surface area (Å²) in [6.07, 6.45) is 5.12. The molecule has 0 radical (unpaired) electrons. The van der Waals surface area contributed by atoms with Crippen LogP contribution in [0.3, 0.4) is 0 Å². The van der Waals surface area contributed by atoms with E-state index in [2.05, 4.69) is 26.1 Å². The number of nitrogens with one attached hydrogen (secondary N) is 1. The second-order valence-electron chi connectivity index (χ2n) is 6.98. The molecule has 112 valence electrons. The molecule has 2 nitrogen and oxygen atoms in total. The molecule has 0 aliphatic heterocycles. The Labute approximate surface area is 127 Å². The Kier molecular flexibility index (Phi) is 4.98. The quantitative estimate of drug-likeness (QED) is 0.844. The maximum absolute atomic E-state index is 9.92. The zero-order chi connectivity index (χ0) is 14.8. The van der Waals surface area contributed by atoms with E-state index in [1.165, 1.54) is 25.7 Å². The van der Waals surface area contributed by atoms with Crippen molar-refractivity contribution in [3.8, 4) is 5.75 Å². The van der Waals surface area contributed by atoms with Gasteiger partial charge in [-0.1, -0.05) is 51.3 Å². The van der Waals surface area contributed by atoms with Gasteiger partial charge in [-0.05, 0) is 36.3 Å². The van der Waals surface area contributed by atoms with Crippen molar-refractivity contribution in [2.24, 2.45) is 11.3 Å². The van der Waals surface area contributed by atoms with Crippen LogP contribution in [0, 0.1) is 11.3 Å². The van der Waals surface area contributed by atoms with Crippen LogP contribution >= 0.6 is 11.6 Å². The van der Waals surface area contributed by atoms with E-state index in [0.717, 1.165) is 5.56 Å². The molecule has 3 heteroatoms. The number of halogens is 1. The molecule has 0 heterocycles. The minimum Gasteiger partial charge on any atom is -0.508 e. The summed E-state index contributed by atoms with van der Waals surface area (Å²) in [5.41, 5.74) is 1.13. The second-order valence-corrected chi connectivity index (χ2v) is 7.39. The van der Waals surface area contributed by atoms with E-state index >= 15 is 0 Å². The van der Waals surface area contributed by atoms with Gasteiger partial charge < -0.3 is 10.4 Å². The Morgan fingerprint density at radius 3 is 2.60 bits per heavy atom. The molecule has 2 N–H and O–H groups in total. The Hall–Kier alpha value is -0.730. The maximum atomic E-state index is 9.92. The molecule has 20 heavy (non-hydrogen) atoms. The van der Waals surface area contributed by atoms with E-state index in [4.69, 9.17) is 11.6 Å². The van der Waals surface area contributed by atoms with Crippen molar-refractivity contribution >= 4 is 11.6 Å². The summed E-state index contributed by atoms with van der Waals surface area (Å²) in [5.74, 6) is 0.967. The van der Waals surface area contributed by atoms with Gasteiger partial charge in [0.25, 0.3) is 0 Å². The van der Waals surface area contributed by atoms with Crippen molar-refractivity contribution in [2.45, 2.75) is 59.0 Å². The minimum absolute atomic E-state index is 0.285. The highest BCUT2D eigenvalue weighted by atomic mass is 35.5. The SMILES string of the molecule is CC(C)(C)C1CCCCC1NCc1c(O)cccc1Cl. The van der Waals surface area contributed by atoms with Gasteiger partial charge >= 0.3 is 0 Å². The van der Waals surface area contributed by atoms with Gasteiger partial charge in [-0.15, -0.1) is 0 Å². The number of benzene rings is 1. The summed E-state index contributed by atoms with van der Waals surface area (Å²) in [7, 11) is 0. The summed E-state index contributed by atoms with van der Waals surface area (Å²) in [4.78, 5) is 0. The van der Waals surface area contributed by atoms with Crippen LogP contribution in [0.5, 0.6) is 5.75 Å². The Morgan fingerprint density at radius 1 is 1.25 bits per heavy atom. The number of hydrogen-bond donors (Lipinski definition) is 2. The first-order chi connectivity index (χ1) is 9.39. The van der Waals surface area contributed by atoms with Crippen molar-refractivity contribution in [3.63, 3.8) is 0 Å². The van der Waals surface area contributed by atoms with E-state index in [0.29, 0.717) is 28.9 Å². The van der Waals surface area contributed by atoms with Crippen LogP contribution in [0.2, 0.25) is 5.02 Å². The molecule has 1 saturated carbocycles. The molecule has 1 aromatic rings. The standard InChI is InChI=1S/C17H26ClNO/c1-17(2,3)13-7-4-5-9-15(13)19-11-12-14(18)8-6-10-16(12)20/h6,8,10,13,15,19-20H,4-5,7,9,11H2,1-3H3. The third kappa shape index (κ3) is 3.67. The lowest BCUT2D eigenvalue weighted by Gasteiger charge is -2.41. The van der Waals surface area contributed by atoms with Gasteiger partial charge in [-0.2, -0.15) is 0 Å². The van der Waals surface area contributed by atoms with E-state index in [1.807, 2.05) is 6.07 Å². The van der Waals surface area contributed by atoms with Gasteiger partial charge in [0.1, 0.15) is 5.75 Å². The lowest BCUT2D eigenvalue weighted by Crippen LogP contribution is -2.43. The van der Waals surface area contributed by atoms with Gasteiger partial charge in [0.05, 0.1) is 0 Å². The second kappa shape index (κ2) is 6.36. The van der Waals surface area contributed by atoms with Gasteiger partial charge in [-0.25, -0.2) is 0 Å². The maximum Gasteiger partial charge on any atom is 0.121 e. The predicted octanol–water partition coefficient (Wildman–Crippen LogP) is 4.74. The minimum atomic E-state index is 0.285. The molecule has 2 atom stereocenters. The Bertz CT molecular complexity index is 433. The van der Waals surface area contributed by atoms with Gasteiger partial charge in [-0.3, -0.25) is 0 Å². The highest BCUT2D eigenvalue weighted by Crippen LogP contribution is 2.38. The molecule has 0 bridgehead atoms. The molecule has 0 aromatic heterocycles. The normalized spacial score (nSPS) is 23.8. The number of rotatable bonds is 3. The highest BCUT2D eigenvalue weighted by Gasteiger charge is 2.33. The van der Waals surface area contributed by atoms with E-state index < -0.39 is 0 Å². The van der Waals surface area contributed by atoms with E-state index in [9.17, 15) is 5.11 Å². The zero-order valence-electron chi connectivity index (χ0n) is 12.7. The van der Waals surface area contributed by atoms with Crippen molar-refractivity contribution < 1.29 is 5.11 Å². The first-order valence-electron chi connectivity index (χ1n) is 7.59. The lowest BCUT2D eigenvalue weighted by atomic mass is 9.69. The van der Waals surface area contributed by atoms with Gasteiger partial charge in [0.2, 0.25) is 0 Å². The van der Waals surface area contributed by atoms with Crippen LogP contribution in [-0.2, 0) is 6.54 Å². The molecule has 1 fully saturated rings. The summed E-state index contributed by atoms with van der Waals surface area (Å²) in [6, 6.07) is 5.82. The summed E-state index contributed by atoms with van der Waals surface area (Å²) >= 11 is 6.17. The fraction of sp³-hybridized carbons (Fsp3) is 0.647. The molecule has 2 rings (SSSR count). The number of hydrogen-bond acceptors (Lipinski definition) is 2. The van der Waals surface area contributed by atoms with Crippen molar-refractivity contribution in [1.82, 2.24) is 5.32 Å². The zero-order valence-corrected chi connectivity index (χ0v) is 13.5. The number of phenolic OH excluding ortho intramolecular Hbond substituents is 1. The molecular formula is C17H26ClNO. The topological polar surface area (TPSA) is 32.3 Å². The average molecular weight is 296 g/mol. The predicted molar refractivity (Wildman–Crippen MR) is 85.2 cm³/mol. The van der Waals surface area contributed by atoms with Crippen molar-refractivity contribution in [3.05, 3.63) is 28.8 Å². The molecule has 0 amide bonds. The van der Waals surface area contributed by atoms with Crippen LogP contribution in [0.1, 0.15) is 52.0 Å². The lowest BCUT2D eigenvalue weighted by molar-refractivity contribution is 0.130. The first-order valence-corrected chi connectivity index (χ1v) is 7.97. The Balaban J connectivity index is 2.05. The Morgan fingerprint density at radius 2 is 1.95 bits per heavy atom. The number of phenols is 1. The van der Waals surface area contributed by atoms with Crippen LogP contribution in [0.15, 0.2) is 18.2 Å². The van der Waals surface area contributed by atoms with Crippen LogP contribution in [0.25, 0.3) is 0 Å². The van der Waals surface area contributed by atoms with Crippen molar-refractivity contribution in [2.75, 3.05) is 0 Å².